The van der Waals surface area contributed by atoms with Gasteiger partial charge in [0.25, 0.3) is 0 Å². The van der Waals surface area contributed by atoms with Crippen molar-refractivity contribution in [3.63, 3.8) is 0 Å². The summed E-state index contributed by atoms with van der Waals surface area (Å²) in [6, 6.07) is 4.35. The minimum absolute atomic E-state index is 0.0951. The number of primary amides is 1. The molecular formula is C14H19BrClN3O3S. The standard InChI is InChI=1S/C14H19BrClN3O3S/c1-2-12(14(17)20)18-5-7-19(8-6-18)23(21,22)13-4-3-10(15)9-11(13)16/h3-4,9,12H,2,5-8H2,1H3,(H2,17,20). The number of carbonyl (C=O) groups is 1. The van der Waals surface area contributed by atoms with Gasteiger partial charge >= 0.3 is 0 Å². The SMILES string of the molecule is CCC(C(N)=O)N1CCN(S(=O)(=O)c2ccc(Br)cc2Cl)CC1. The Morgan fingerprint density at radius 3 is 2.43 bits per heavy atom. The average Bonchev–Trinajstić information content (AvgIpc) is 2.47. The minimum atomic E-state index is -3.65. The highest BCUT2D eigenvalue weighted by Gasteiger charge is 2.33. The summed E-state index contributed by atoms with van der Waals surface area (Å²) in [6.07, 6.45) is 0.612. The Morgan fingerprint density at radius 1 is 1.35 bits per heavy atom. The summed E-state index contributed by atoms with van der Waals surface area (Å²) < 4.78 is 27.5. The first-order chi connectivity index (χ1) is 10.8. The van der Waals surface area contributed by atoms with Crippen LogP contribution < -0.4 is 5.73 Å². The quantitative estimate of drug-likeness (QED) is 0.779. The molecule has 0 aliphatic carbocycles. The van der Waals surface area contributed by atoms with E-state index in [4.69, 9.17) is 17.3 Å². The van der Waals surface area contributed by atoms with Crippen LogP contribution in [0.3, 0.4) is 0 Å². The van der Waals surface area contributed by atoms with Gasteiger partial charge in [0.05, 0.1) is 11.1 Å². The van der Waals surface area contributed by atoms with Gasteiger partial charge in [0.15, 0.2) is 0 Å². The Morgan fingerprint density at radius 2 is 1.96 bits per heavy atom. The van der Waals surface area contributed by atoms with Crippen LogP contribution in [0.25, 0.3) is 0 Å². The minimum Gasteiger partial charge on any atom is -0.368 e. The molecule has 0 bridgehead atoms. The van der Waals surface area contributed by atoms with Crippen LogP contribution in [-0.4, -0.2) is 55.8 Å². The maximum absolute atomic E-state index is 12.7. The fraction of sp³-hybridized carbons (Fsp3) is 0.500. The first-order valence-corrected chi connectivity index (χ1v) is 9.87. The lowest BCUT2D eigenvalue weighted by atomic mass is 10.1. The number of benzene rings is 1. The first kappa shape index (κ1) is 18.7. The summed E-state index contributed by atoms with van der Waals surface area (Å²) in [5.74, 6) is -0.375. The Labute approximate surface area is 149 Å². The molecule has 23 heavy (non-hydrogen) atoms. The van der Waals surface area contributed by atoms with Crippen molar-refractivity contribution in [1.82, 2.24) is 9.21 Å². The van der Waals surface area contributed by atoms with Crippen LogP contribution in [0.2, 0.25) is 5.02 Å². The molecule has 128 valence electrons. The molecule has 0 spiro atoms. The number of piperazine rings is 1. The molecule has 1 saturated heterocycles. The number of rotatable bonds is 5. The van der Waals surface area contributed by atoms with Gasteiger partial charge in [-0.05, 0) is 24.6 Å². The molecule has 1 aromatic rings. The molecule has 1 unspecified atom stereocenters. The Kier molecular flexibility index (Phi) is 6.07. The third kappa shape index (κ3) is 4.06. The Hall–Kier alpha value is -0.670. The Balaban J connectivity index is 2.14. The van der Waals surface area contributed by atoms with Crippen LogP contribution in [0.5, 0.6) is 0 Å². The monoisotopic (exact) mass is 423 g/mol. The predicted octanol–water partition coefficient (Wildman–Crippen LogP) is 1.67. The van der Waals surface area contributed by atoms with E-state index in [0.717, 1.165) is 4.47 Å². The van der Waals surface area contributed by atoms with Crippen molar-refractivity contribution in [3.8, 4) is 0 Å². The maximum Gasteiger partial charge on any atom is 0.244 e. The van der Waals surface area contributed by atoms with Crippen LogP contribution in [-0.2, 0) is 14.8 Å². The number of hydrogen-bond donors (Lipinski definition) is 1. The van der Waals surface area contributed by atoms with Crippen LogP contribution in [0.1, 0.15) is 13.3 Å². The summed E-state index contributed by atoms with van der Waals surface area (Å²) in [5, 5.41) is 0.186. The van der Waals surface area contributed by atoms with Crippen LogP contribution in [0.4, 0.5) is 0 Å². The molecule has 1 heterocycles. The zero-order valence-electron chi connectivity index (χ0n) is 12.7. The second-order valence-electron chi connectivity index (χ2n) is 5.34. The number of sulfonamides is 1. The van der Waals surface area contributed by atoms with Gasteiger partial charge < -0.3 is 5.73 Å². The highest BCUT2D eigenvalue weighted by Crippen LogP contribution is 2.28. The Bertz CT molecular complexity index is 691. The smallest absolute Gasteiger partial charge is 0.244 e. The van der Waals surface area contributed by atoms with Gasteiger partial charge in [-0.3, -0.25) is 9.69 Å². The molecule has 6 nitrogen and oxygen atoms in total. The topological polar surface area (TPSA) is 83.7 Å². The van der Waals surface area contributed by atoms with Gasteiger partial charge in [-0.25, -0.2) is 8.42 Å². The first-order valence-electron chi connectivity index (χ1n) is 7.26. The van der Waals surface area contributed by atoms with Gasteiger partial charge in [0.2, 0.25) is 15.9 Å². The largest absolute Gasteiger partial charge is 0.368 e. The summed E-state index contributed by atoms with van der Waals surface area (Å²) in [6.45, 7) is 3.43. The molecular weight excluding hydrogens is 406 g/mol. The third-order valence-electron chi connectivity index (χ3n) is 3.94. The predicted molar refractivity (Wildman–Crippen MR) is 92.8 cm³/mol. The van der Waals surface area contributed by atoms with Crippen molar-refractivity contribution in [2.75, 3.05) is 26.2 Å². The fourth-order valence-electron chi connectivity index (χ4n) is 2.72. The second kappa shape index (κ2) is 7.48. The zero-order valence-corrected chi connectivity index (χ0v) is 15.9. The van der Waals surface area contributed by atoms with Crippen molar-refractivity contribution < 1.29 is 13.2 Å². The van der Waals surface area contributed by atoms with E-state index in [1.54, 1.807) is 12.1 Å². The summed E-state index contributed by atoms with van der Waals surface area (Å²) in [5.41, 5.74) is 5.39. The van der Waals surface area contributed by atoms with Crippen LogP contribution in [0, 0.1) is 0 Å². The lowest BCUT2D eigenvalue weighted by molar-refractivity contribution is -0.123. The van der Waals surface area contributed by atoms with Crippen molar-refractivity contribution in [3.05, 3.63) is 27.7 Å². The normalized spacial score (nSPS) is 18.7. The zero-order chi connectivity index (χ0) is 17.2. The van der Waals surface area contributed by atoms with Gasteiger partial charge in [-0.1, -0.05) is 34.5 Å². The van der Waals surface area contributed by atoms with Crippen LogP contribution >= 0.6 is 27.5 Å². The lowest BCUT2D eigenvalue weighted by Gasteiger charge is -2.37. The molecule has 2 N–H and O–H groups in total. The molecule has 2 rings (SSSR count). The number of carbonyl (C=O) groups excluding carboxylic acids is 1. The molecule has 1 aliphatic heterocycles. The van der Waals surface area contributed by atoms with E-state index < -0.39 is 10.0 Å². The molecule has 0 radical (unpaired) electrons. The van der Waals surface area contributed by atoms with Crippen molar-refractivity contribution in [2.24, 2.45) is 5.73 Å². The van der Waals surface area contributed by atoms with Crippen LogP contribution in [0.15, 0.2) is 27.6 Å². The molecule has 1 aromatic carbocycles. The van der Waals surface area contributed by atoms with E-state index in [2.05, 4.69) is 15.9 Å². The number of amides is 1. The van der Waals surface area contributed by atoms with Gasteiger partial charge in [0, 0.05) is 30.7 Å². The van der Waals surface area contributed by atoms with Crippen molar-refractivity contribution in [2.45, 2.75) is 24.3 Å². The van der Waals surface area contributed by atoms with Gasteiger partial charge in [0.1, 0.15) is 4.90 Å². The maximum atomic E-state index is 12.7. The van der Waals surface area contributed by atoms with E-state index in [-0.39, 0.29) is 21.9 Å². The molecule has 1 fully saturated rings. The summed E-state index contributed by atoms with van der Waals surface area (Å²) in [7, 11) is -3.65. The van der Waals surface area contributed by atoms with E-state index in [9.17, 15) is 13.2 Å². The number of hydrogen-bond acceptors (Lipinski definition) is 4. The molecule has 1 aliphatic rings. The number of halogens is 2. The van der Waals surface area contributed by atoms with Crippen molar-refractivity contribution in [1.29, 1.82) is 0 Å². The summed E-state index contributed by atoms with van der Waals surface area (Å²) in [4.78, 5) is 13.5. The molecule has 1 amide bonds. The average molecular weight is 425 g/mol. The third-order valence-corrected chi connectivity index (χ3v) is 6.82. The van der Waals surface area contributed by atoms with E-state index in [0.29, 0.717) is 32.6 Å². The van der Waals surface area contributed by atoms with E-state index in [1.165, 1.54) is 10.4 Å². The van der Waals surface area contributed by atoms with Crippen molar-refractivity contribution >= 4 is 43.5 Å². The molecule has 0 aromatic heterocycles. The fourth-order valence-corrected chi connectivity index (χ4v) is 5.15. The number of nitrogens with zero attached hydrogens (tertiary/aromatic N) is 2. The lowest BCUT2D eigenvalue weighted by Crippen LogP contribution is -2.54. The molecule has 0 saturated carbocycles. The molecule has 9 heteroatoms. The molecule has 1 atom stereocenters. The number of nitrogens with two attached hydrogens (primary N) is 1. The van der Waals surface area contributed by atoms with Gasteiger partial charge in [-0.2, -0.15) is 4.31 Å². The summed E-state index contributed by atoms with van der Waals surface area (Å²) >= 11 is 9.33. The van der Waals surface area contributed by atoms with Gasteiger partial charge in [-0.15, -0.1) is 0 Å². The van der Waals surface area contributed by atoms with E-state index >= 15 is 0 Å². The second-order valence-corrected chi connectivity index (χ2v) is 8.57. The van der Waals surface area contributed by atoms with E-state index in [1.807, 2.05) is 11.8 Å². The highest BCUT2D eigenvalue weighted by molar-refractivity contribution is 9.10. The highest BCUT2D eigenvalue weighted by atomic mass is 79.9.